The molecule has 3 heterocycles. The summed E-state index contributed by atoms with van der Waals surface area (Å²) in [5.41, 5.74) is 2.13. The van der Waals surface area contributed by atoms with Crippen molar-refractivity contribution >= 4 is 23.4 Å². The number of hydrogen-bond donors (Lipinski definition) is 2. The Morgan fingerprint density at radius 3 is 2.53 bits per heavy atom. The summed E-state index contributed by atoms with van der Waals surface area (Å²) in [6.45, 7) is 3.28. The maximum atomic E-state index is 13.6. The van der Waals surface area contributed by atoms with Crippen LogP contribution < -0.4 is 0 Å². The summed E-state index contributed by atoms with van der Waals surface area (Å²) in [6, 6.07) is 7.87. The summed E-state index contributed by atoms with van der Waals surface area (Å²) in [5, 5.41) is 11.3. The summed E-state index contributed by atoms with van der Waals surface area (Å²) in [5.74, 6) is -3.23. The van der Waals surface area contributed by atoms with E-state index < -0.39 is 35.3 Å². The van der Waals surface area contributed by atoms with Gasteiger partial charge in [-0.2, -0.15) is 0 Å². The largest absolute Gasteiger partial charge is 0.507 e. The summed E-state index contributed by atoms with van der Waals surface area (Å²) in [4.78, 5) is 46.6. The van der Waals surface area contributed by atoms with Crippen molar-refractivity contribution in [3.05, 3.63) is 93.8 Å². The fourth-order valence-corrected chi connectivity index (χ4v) is 4.27. The van der Waals surface area contributed by atoms with E-state index in [4.69, 9.17) is 4.74 Å². The number of hydrogen-bond acceptors (Lipinski definition) is 6. The first-order valence-electron chi connectivity index (χ1n) is 10.4. The van der Waals surface area contributed by atoms with E-state index >= 15 is 0 Å². The number of H-pyrrole nitrogens is 1. The average Bonchev–Trinajstić information content (AvgIpc) is 3.27. The van der Waals surface area contributed by atoms with Crippen molar-refractivity contribution in [1.82, 2.24) is 14.9 Å². The van der Waals surface area contributed by atoms with Gasteiger partial charge in [-0.1, -0.05) is 18.2 Å². The maximum Gasteiger partial charge on any atom is 0.354 e. The van der Waals surface area contributed by atoms with Gasteiger partial charge < -0.3 is 19.7 Å². The molecule has 4 rings (SSSR count). The van der Waals surface area contributed by atoms with Crippen molar-refractivity contribution in [3.8, 4) is 0 Å². The number of halogens is 1. The van der Waals surface area contributed by atoms with Crippen molar-refractivity contribution in [3.63, 3.8) is 0 Å². The molecule has 0 bridgehead atoms. The van der Waals surface area contributed by atoms with E-state index in [-0.39, 0.29) is 23.4 Å². The van der Waals surface area contributed by atoms with Gasteiger partial charge in [-0.15, -0.1) is 0 Å². The van der Waals surface area contributed by atoms with Crippen LogP contribution in [0.2, 0.25) is 0 Å². The molecule has 1 aliphatic heterocycles. The predicted octanol–water partition coefficient (Wildman–Crippen LogP) is 3.57. The lowest BCUT2D eigenvalue weighted by atomic mass is 9.94. The molecule has 34 heavy (non-hydrogen) atoms. The van der Waals surface area contributed by atoms with E-state index in [1.807, 2.05) is 0 Å². The Morgan fingerprint density at radius 1 is 1.21 bits per heavy atom. The number of esters is 1. The fraction of sp³-hybridized carbons (Fsp3) is 0.200. The highest BCUT2D eigenvalue weighted by Crippen LogP contribution is 2.41. The van der Waals surface area contributed by atoms with Crippen LogP contribution in [0.25, 0.3) is 5.76 Å². The second-order valence-electron chi connectivity index (χ2n) is 7.96. The summed E-state index contributed by atoms with van der Waals surface area (Å²) in [6.07, 6.45) is 3.16. The molecule has 1 fully saturated rings. The Labute approximate surface area is 194 Å². The fourth-order valence-electron chi connectivity index (χ4n) is 4.27. The minimum atomic E-state index is -0.976. The van der Waals surface area contributed by atoms with E-state index in [1.165, 1.54) is 36.3 Å². The van der Waals surface area contributed by atoms with E-state index in [0.29, 0.717) is 22.4 Å². The van der Waals surface area contributed by atoms with Gasteiger partial charge >= 0.3 is 5.97 Å². The highest BCUT2D eigenvalue weighted by atomic mass is 19.1. The van der Waals surface area contributed by atoms with Crippen LogP contribution in [0.15, 0.2) is 54.4 Å². The third kappa shape index (κ3) is 3.85. The summed E-state index contributed by atoms with van der Waals surface area (Å²) < 4.78 is 18.4. The number of aliphatic hydroxyl groups excluding tert-OH is 1. The number of aromatic amines is 1. The van der Waals surface area contributed by atoms with Crippen LogP contribution in [-0.2, 0) is 20.9 Å². The Morgan fingerprint density at radius 2 is 1.91 bits per heavy atom. The number of Topliss-reactive ketones (excluding diaryl/α,β-unsaturated/α-hetero) is 1. The number of ether oxygens (including phenoxy) is 1. The number of nitrogens with one attached hydrogen (secondary N) is 1. The molecule has 1 atom stereocenters. The van der Waals surface area contributed by atoms with Crippen molar-refractivity contribution in [2.45, 2.75) is 26.4 Å². The van der Waals surface area contributed by atoms with Gasteiger partial charge in [-0.05, 0) is 48.7 Å². The number of benzene rings is 1. The number of aromatic nitrogens is 2. The number of carbonyl (C=O) groups is 3. The number of aliphatic hydroxyl groups is 1. The number of methoxy groups -OCH3 is 1. The van der Waals surface area contributed by atoms with E-state index in [1.54, 1.807) is 38.4 Å². The standard InChI is InChI=1S/C25H22FN3O5/c1-13-18(14(2)28-20(13)25(33)34-3)22(30)19-21(16-6-8-17(26)9-7-16)29(24(32)23(19)31)12-15-5-4-10-27-11-15/h4-11,21,28,30H,12H2,1-3H3/b22-19+. The first-order chi connectivity index (χ1) is 16.2. The quantitative estimate of drug-likeness (QED) is 0.259. The van der Waals surface area contributed by atoms with Crippen LogP contribution in [0, 0.1) is 19.7 Å². The van der Waals surface area contributed by atoms with Crippen LogP contribution in [-0.4, -0.2) is 44.7 Å². The zero-order chi connectivity index (χ0) is 24.6. The third-order valence-electron chi connectivity index (χ3n) is 5.87. The minimum Gasteiger partial charge on any atom is -0.507 e. The number of ketones is 1. The van der Waals surface area contributed by atoms with Crippen LogP contribution in [0.1, 0.15) is 44.5 Å². The summed E-state index contributed by atoms with van der Waals surface area (Å²) >= 11 is 0. The number of carbonyl (C=O) groups excluding carboxylic acids is 3. The average molecular weight is 463 g/mol. The second-order valence-corrected chi connectivity index (χ2v) is 7.96. The molecule has 1 aliphatic rings. The Balaban J connectivity index is 1.91. The highest BCUT2D eigenvalue weighted by Gasteiger charge is 2.46. The van der Waals surface area contributed by atoms with Gasteiger partial charge in [0.05, 0.1) is 18.7 Å². The zero-order valence-electron chi connectivity index (χ0n) is 18.8. The molecule has 9 heteroatoms. The van der Waals surface area contributed by atoms with Crippen molar-refractivity contribution < 1.29 is 28.6 Å². The van der Waals surface area contributed by atoms with Gasteiger partial charge in [0.15, 0.2) is 0 Å². The van der Waals surface area contributed by atoms with Gasteiger partial charge in [-0.3, -0.25) is 14.6 Å². The number of pyridine rings is 1. The number of amides is 1. The minimum absolute atomic E-state index is 0.0513. The monoisotopic (exact) mass is 463 g/mol. The number of rotatable bonds is 5. The van der Waals surface area contributed by atoms with E-state index in [9.17, 15) is 23.9 Å². The van der Waals surface area contributed by atoms with Gasteiger partial charge in [0.1, 0.15) is 17.3 Å². The lowest BCUT2D eigenvalue weighted by molar-refractivity contribution is -0.140. The molecule has 2 aromatic heterocycles. The SMILES string of the molecule is COC(=O)c1[nH]c(C)c(/C(O)=C2\C(=O)C(=O)N(Cc3cccnc3)C2c2ccc(F)cc2)c1C. The molecular weight excluding hydrogens is 441 g/mol. The molecule has 1 saturated heterocycles. The van der Waals surface area contributed by atoms with Crippen molar-refractivity contribution in [2.24, 2.45) is 0 Å². The first-order valence-corrected chi connectivity index (χ1v) is 10.4. The summed E-state index contributed by atoms with van der Waals surface area (Å²) in [7, 11) is 1.23. The van der Waals surface area contributed by atoms with Crippen molar-refractivity contribution in [2.75, 3.05) is 7.11 Å². The molecule has 1 amide bonds. The van der Waals surface area contributed by atoms with Gasteiger partial charge in [0, 0.05) is 30.2 Å². The zero-order valence-corrected chi connectivity index (χ0v) is 18.8. The number of nitrogens with zero attached hydrogens (tertiary/aromatic N) is 2. The molecule has 1 aromatic carbocycles. The number of aryl methyl sites for hydroxylation is 1. The second kappa shape index (κ2) is 8.93. The molecule has 8 nitrogen and oxygen atoms in total. The lowest BCUT2D eigenvalue weighted by Crippen LogP contribution is -2.29. The normalized spacial score (nSPS) is 17.3. The Hall–Kier alpha value is -4.27. The molecule has 0 aliphatic carbocycles. The van der Waals surface area contributed by atoms with Crippen LogP contribution >= 0.6 is 0 Å². The first kappa shape index (κ1) is 22.9. The highest BCUT2D eigenvalue weighted by molar-refractivity contribution is 6.46. The maximum absolute atomic E-state index is 13.6. The van der Waals surface area contributed by atoms with E-state index in [0.717, 1.165) is 0 Å². The topological polar surface area (TPSA) is 113 Å². The molecule has 1 unspecified atom stereocenters. The van der Waals surface area contributed by atoms with Gasteiger partial charge in [0.2, 0.25) is 0 Å². The van der Waals surface area contributed by atoms with Crippen LogP contribution in [0.4, 0.5) is 4.39 Å². The Kier molecular flexibility index (Phi) is 6.02. The van der Waals surface area contributed by atoms with Gasteiger partial charge in [-0.25, -0.2) is 9.18 Å². The molecule has 0 spiro atoms. The molecule has 174 valence electrons. The number of likely N-dealkylation sites (tertiary alicyclic amines) is 1. The smallest absolute Gasteiger partial charge is 0.354 e. The molecule has 0 radical (unpaired) electrons. The molecule has 0 saturated carbocycles. The molecular formula is C25H22FN3O5. The van der Waals surface area contributed by atoms with Crippen molar-refractivity contribution in [1.29, 1.82) is 0 Å². The Bertz CT molecular complexity index is 1310. The van der Waals surface area contributed by atoms with Crippen LogP contribution in [0.5, 0.6) is 0 Å². The molecule has 2 N–H and O–H groups in total. The lowest BCUT2D eigenvalue weighted by Gasteiger charge is -2.25. The third-order valence-corrected chi connectivity index (χ3v) is 5.87. The predicted molar refractivity (Wildman–Crippen MR) is 120 cm³/mol. The van der Waals surface area contributed by atoms with Gasteiger partial charge in [0.25, 0.3) is 11.7 Å². The van der Waals surface area contributed by atoms with E-state index in [2.05, 4.69) is 9.97 Å². The molecule has 3 aromatic rings. The van der Waals surface area contributed by atoms with Crippen LogP contribution in [0.3, 0.4) is 0 Å².